The van der Waals surface area contributed by atoms with Crippen molar-refractivity contribution in [3.05, 3.63) is 29.3 Å². The molecular weight excluding hydrogens is 254 g/mol. The average Bonchev–Trinajstić information content (AvgIpc) is 2.29. The van der Waals surface area contributed by atoms with E-state index in [0.717, 1.165) is 16.9 Å². The highest BCUT2D eigenvalue weighted by molar-refractivity contribution is 7.85. The molecule has 0 fully saturated rings. The summed E-state index contributed by atoms with van der Waals surface area (Å²) in [6.07, 6.45) is 0.397. The maximum atomic E-state index is 10.5. The second-order valence-corrected chi connectivity index (χ2v) is 5.68. The molecule has 0 aliphatic carbocycles. The van der Waals surface area contributed by atoms with Crippen LogP contribution < -0.4 is 10.1 Å². The van der Waals surface area contributed by atoms with E-state index in [1.807, 2.05) is 25.1 Å². The molecular formula is C12H19NO4S. The topological polar surface area (TPSA) is 75.6 Å². The van der Waals surface area contributed by atoms with Crippen LogP contribution in [-0.4, -0.2) is 32.4 Å². The zero-order chi connectivity index (χ0) is 13.6. The molecule has 1 aromatic rings. The molecule has 0 spiro atoms. The summed E-state index contributed by atoms with van der Waals surface area (Å²) in [4.78, 5) is 0. The Labute approximate surface area is 108 Å². The fourth-order valence-corrected chi connectivity index (χ4v) is 2.11. The minimum atomic E-state index is -3.84. The van der Waals surface area contributed by atoms with E-state index in [4.69, 9.17) is 9.29 Å². The Morgan fingerprint density at radius 3 is 2.67 bits per heavy atom. The molecule has 0 radical (unpaired) electrons. The smallest absolute Gasteiger partial charge is 0.264 e. The summed E-state index contributed by atoms with van der Waals surface area (Å²) in [6, 6.07) is 5.82. The molecule has 0 heterocycles. The lowest BCUT2D eigenvalue weighted by atomic mass is 10.1. The van der Waals surface area contributed by atoms with Crippen LogP contribution >= 0.6 is 0 Å². The van der Waals surface area contributed by atoms with Gasteiger partial charge in [-0.2, -0.15) is 8.42 Å². The Bertz CT molecular complexity index is 485. The van der Waals surface area contributed by atoms with Gasteiger partial charge < -0.3 is 10.1 Å². The number of ether oxygens (including phenoxy) is 1. The number of aryl methyl sites for hydroxylation is 1. The maximum Gasteiger partial charge on any atom is 0.264 e. The van der Waals surface area contributed by atoms with E-state index in [0.29, 0.717) is 19.5 Å². The number of methoxy groups -OCH3 is 1. The summed E-state index contributed by atoms with van der Waals surface area (Å²) in [6.45, 7) is 3.21. The summed E-state index contributed by atoms with van der Waals surface area (Å²) in [5.74, 6) is 0.615. The first kappa shape index (κ1) is 14.9. The van der Waals surface area contributed by atoms with Gasteiger partial charge in [-0.25, -0.2) is 0 Å². The molecule has 0 aromatic heterocycles. The fourth-order valence-electron chi connectivity index (χ4n) is 1.60. The second kappa shape index (κ2) is 6.72. The molecule has 0 aliphatic rings. The van der Waals surface area contributed by atoms with Crippen LogP contribution in [0.4, 0.5) is 0 Å². The predicted molar refractivity (Wildman–Crippen MR) is 70.5 cm³/mol. The van der Waals surface area contributed by atoms with Crippen LogP contribution in [0.1, 0.15) is 17.5 Å². The molecule has 2 N–H and O–H groups in total. The van der Waals surface area contributed by atoms with Crippen molar-refractivity contribution in [2.75, 3.05) is 19.4 Å². The molecule has 0 saturated carbocycles. The van der Waals surface area contributed by atoms with Crippen molar-refractivity contribution < 1.29 is 17.7 Å². The van der Waals surface area contributed by atoms with Crippen LogP contribution in [0.25, 0.3) is 0 Å². The van der Waals surface area contributed by atoms with E-state index in [2.05, 4.69) is 5.32 Å². The highest BCUT2D eigenvalue weighted by Gasteiger charge is 2.04. The van der Waals surface area contributed by atoms with Crippen LogP contribution in [-0.2, 0) is 16.7 Å². The van der Waals surface area contributed by atoms with Gasteiger partial charge >= 0.3 is 0 Å². The summed E-state index contributed by atoms with van der Waals surface area (Å²) in [7, 11) is -2.22. The Kier molecular flexibility index (Phi) is 5.58. The average molecular weight is 273 g/mol. The number of nitrogens with one attached hydrogen (secondary N) is 1. The minimum Gasteiger partial charge on any atom is -0.497 e. The molecule has 1 aromatic carbocycles. The standard InChI is InChI=1S/C12H19NO4S/c1-10-8-12(17-2)5-4-11(10)9-13-6-3-7-18(14,15)16/h4-5,8,13H,3,6-7,9H2,1-2H3,(H,14,15,16). The first-order valence-corrected chi connectivity index (χ1v) is 7.32. The largest absolute Gasteiger partial charge is 0.497 e. The van der Waals surface area contributed by atoms with Crippen LogP contribution in [0.3, 0.4) is 0 Å². The molecule has 6 heteroatoms. The van der Waals surface area contributed by atoms with Gasteiger partial charge in [0.25, 0.3) is 10.1 Å². The lowest BCUT2D eigenvalue weighted by Gasteiger charge is -2.09. The first-order chi connectivity index (χ1) is 8.42. The Morgan fingerprint density at radius 2 is 2.11 bits per heavy atom. The Balaban J connectivity index is 2.36. The first-order valence-electron chi connectivity index (χ1n) is 5.72. The van der Waals surface area contributed by atoms with Gasteiger partial charge in [0.1, 0.15) is 5.75 Å². The molecule has 102 valence electrons. The van der Waals surface area contributed by atoms with Gasteiger partial charge in [0, 0.05) is 6.54 Å². The highest BCUT2D eigenvalue weighted by Crippen LogP contribution is 2.16. The van der Waals surface area contributed by atoms with Crippen molar-refractivity contribution in [2.45, 2.75) is 19.9 Å². The highest BCUT2D eigenvalue weighted by atomic mass is 32.2. The van der Waals surface area contributed by atoms with Gasteiger partial charge in [-0.05, 0) is 43.1 Å². The lowest BCUT2D eigenvalue weighted by molar-refractivity contribution is 0.414. The van der Waals surface area contributed by atoms with E-state index in [9.17, 15) is 8.42 Å². The number of rotatable bonds is 7. The van der Waals surface area contributed by atoms with E-state index in [1.54, 1.807) is 7.11 Å². The third kappa shape index (κ3) is 5.48. The normalized spacial score (nSPS) is 11.5. The van der Waals surface area contributed by atoms with Gasteiger partial charge in [0.2, 0.25) is 0 Å². The zero-order valence-corrected chi connectivity index (χ0v) is 11.5. The van der Waals surface area contributed by atoms with Crippen LogP contribution in [0.5, 0.6) is 5.75 Å². The zero-order valence-electron chi connectivity index (χ0n) is 10.6. The molecule has 0 unspecified atom stereocenters. The molecule has 0 saturated heterocycles. The van der Waals surface area contributed by atoms with Crippen molar-refractivity contribution in [1.29, 1.82) is 0 Å². The predicted octanol–water partition coefficient (Wildman–Crippen LogP) is 1.37. The monoisotopic (exact) mass is 273 g/mol. The summed E-state index contributed by atoms with van der Waals surface area (Å²) >= 11 is 0. The van der Waals surface area contributed by atoms with Crippen LogP contribution in [0.2, 0.25) is 0 Å². The SMILES string of the molecule is COc1ccc(CNCCCS(=O)(=O)O)c(C)c1. The van der Waals surface area contributed by atoms with E-state index >= 15 is 0 Å². The van der Waals surface area contributed by atoms with Crippen molar-refractivity contribution in [3.63, 3.8) is 0 Å². The molecule has 18 heavy (non-hydrogen) atoms. The van der Waals surface area contributed by atoms with E-state index < -0.39 is 10.1 Å². The summed E-state index contributed by atoms with van der Waals surface area (Å²) in [5, 5.41) is 3.14. The van der Waals surface area contributed by atoms with Crippen molar-refractivity contribution in [3.8, 4) is 5.75 Å². The van der Waals surface area contributed by atoms with Crippen LogP contribution in [0.15, 0.2) is 18.2 Å². The summed E-state index contributed by atoms with van der Waals surface area (Å²) < 4.78 is 34.7. The lowest BCUT2D eigenvalue weighted by Crippen LogP contribution is -2.18. The summed E-state index contributed by atoms with van der Waals surface area (Å²) in [5.41, 5.74) is 2.26. The minimum absolute atomic E-state index is 0.207. The van der Waals surface area contributed by atoms with Gasteiger partial charge in [-0.15, -0.1) is 0 Å². The molecule has 0 atom stereocenters. The second-order valence-electron chi connectivity index (χ2n) is 4.11. The van der Waals surface area contributed by atoms with Gasteiger partial charge in [-0.3, -0.25) is 4.55 Å². The molecule has 1 rings (SSSR count). The number of hydrogen-bond acceptors (Lipinski definition) is 4. The molecule has 0 amide bonds. The third-order valence-electron chi connectivity index (χ3n) is 2.62. The van der Waals surface area contributed by atoms with Crippen molar-refractivity contribution >= 4 is 10.1 Å². The Hall–Kier alpha value is -1.11. The fraction of sp³-hybridized carbons (Fsp3) is 0.500. The van der Waals surface area contributed by atoms with Crippen molar-refractivity contribution in [2.24, 2.45) is 0 Å². The van der Waals surface area contributed by atoms with E-state index in [1.165, 1.54) is 0 Å². The molecule has 0 aliphatic heterocycles. The molecule has 0 bridgehead atoms. The third-order valence-corrected chi connectivity index (χ3v) is 3.43. The van der Waals surface area contributed by atoms with Gasteiger partial charge in [-0.1, -0.05) is 6.07 Å². The van der Waals surface area contributed by atoms with Gasteiger partial charge in [0.15, 0.2) is 0 Å². The number of hydrogen-bond donors (Lipinski definition) is 2. The van der Waals surface area contributed by atoms with Crippen molar-refractivity contribution in [1.82, 2.24) is 5.32 Å². The quantitative estimate of drug-likeness (QED) is 0.579. The van der Waals surface area contributed by atoms with Crippen LogP contribution in [0, 0.1) is 6.92 Å². The maximum absolute atomic E-state index is 10.5. The van der Waals surface area contributed by atoms with E-state index in [-0.39, 0.29) is 5.75 Å². The van der Waals surface area contributed by atoms with Gasteiger partial charge in [0.05, 0.1) is 12.9 Å². The Morgan fingerprint density at radius 1 is 1.39 bits per heavy atom. The number of benzene rings is 1. The molecule has 5 nitrogen and oxygen atoms in total.